The van der Waals surface area contributed by atoms with E-state index in [0.717, 1.165) is 12.8 Å². The number of allylic oxidation sites excluding steroid dienone is 3. The van der Waals surface area contributed by atoms with Crippen molar-refractivity contribution < 1.29 is 20.1 Å². The molecule has 0 heterocycles. The Morgan fingerprint density at radius 2 is 2.20 bits per heavy atom. The van der Waals surface area contributed by atoms with Crippen LogP contribution in [0.15, 0.2) is 23.8 Å². The van der Waals surface area contributed by atoms with Gasteiger partial charge in [0, 0.05) is 0 Å². The van der Waals surface area contributed by atoms with E-state index in [4.69, 9.17) is 5.11 Å². The molecule has 82 valence electrons. The van der Waals surface area contributed by atoms with Crippen LogP contribution in [-0.2, 0) is 4.79 Å². The molecule has 2 aliphatic carbocycles. The lowest BCUT2D eigenvalue weighted by molar-refractivity contribution is -0.169. The average Bonchev–Trinajstić information content (AvgIpc) is 2.23. The van der Waals surface area contributed by atoms with Gasteiger partial charge in [-0.3, -0.25) is 0 Å². The summed E-state index contributed by atoms with van der Waals surface area (Å²) in [6, 6.07) is 0. The lowest BCUT2D eigenvalue weighted by Gasteiger charge is -2.40. The third-order valence-electron chi connectivity index (χ3n) is 3.31. The lowest BCUT2D eigenvalue weighted by atomic mass is 9.69. The molecule has 0 aromatic rings. The second-order valence-corrected chi connectivity index (χ2v) is 4.15. The zero-order valence-electron chi connectivity index (χ0n) is 8.26. The molecule has 0 amide bonds. The van der Waals surface area contributed by atoms with E-state index in [2.05, 4.69) is 0 Å². The summed E-state index contributed by atoms with van der Waals surface area (Å²) in [5.74, 6) is -1.30. The van der Waals surface area contributed by atoms with E-state index in [-0.39, 0.29) is 5.92 Å². The van der Waals surface area contributed by atoms with Crippen molar-refractivity contribution in [3.05, 3.63) is 23.8 Å². The monoisotopic (exact) mass is 210 g/mol. The van der Waals surface area contributed by atoms with Crippen LogP contribution in [0.3, 0.4) is 0 Å². The maximum absolute atomic E-state index is 11.1. The standard InChI is InChI=1S/C11H14O4/c12-9-6-5-7-3-1-2-4-8(7)11(9,15)10(13)14/h1-2,4,7,9,12,15H,3,5-6H2,(H,13,14). The fourth-order valence-electron chi connectivity index (χ4n) is 2.42. The summed E-state index contributed by atoms with van der Waals surface area (Å²) in [7, 11) is 0. The summed E-state index contributed by atoms with van der Waals surface area (Å²) >= 11 is 0. The third-order valence-corrected chi connectivity index (χ3v) is 3.31. The van der Waals surface area contributed by atoms with Crippen LogP contribution in [0.25, 0.3) is 0 Å². The molecule has 3 unspecified atom stereocenters. The molecule has 4 heteroatoms. The van der Waals surface area contributed by atoms with E-state index >= 15 is 0 Å². The Bertz CT molecular complexity index is 344. The van der Waals surface area contributed by atoms with Crippen molar-refractivity contribution in [1.82, 2.24) is 0 Å². The number of fused-ring (bicyclic) bond motifs is 1. The van der Waals surface area contributed by atoms with E-state index in [1.165, 1.54) is 0 Å². The Kier molecular flexibility index (Phi) is 2.40. The maximum atomic E-state index is 11.1. The molecule has 1 saturated carbocycles. The van der Waals surface area contributed by atoms with Gasteiger partial charge < -0.3 is 15.3 Å². The van der Waals surface area contributed by atoms with Gasteiger partial charge in [0.15, 0.2) is 0 Å². The van der Waals surface area contributed by atoms with Crippen LogP contribution in [0.1, 0.15) is 19.3 Å². The molecule has 2 rings (SSSR count). The molecular weight excluding hydrogens is 196 g/mol. The van der Waals surface area contributed by atoms with Crippen LogP contribution in [0.4, 0.5) is 0 Å². The smallest absolute Gasteiger partial charge is 0.342 e. The number of hydrogen-bond donors (Lipinski definition) is 3. The number of rotatable bonds is 1. The highest BCUT2D eigenvalue weighted by Crippen LogP contribution is 2.41. The summed E-state index contributed by atoms with van der Waals surface area (Å²) in [6.45, 7) is 0. The molecule has 4 nitrogen and oxygen atoms in total. The first kappa shape index (κ1) is 10.4. The fourth-order valence-corrected chi connectivity index (χ4v) is 2.42. The van der Waals surface area contributed by atoms with E-state index in [1.54, 1.807) is 12.2 Å². The SMILES string of the molecule is O=C(O)C1(O)C2=CC=CCC2CCC1O. The molecular formula is C11H14O4. The molecule has 0 aromatic carbocycles. The van der Waals surface area contributed by atoms with E-state index in [1.807, 2.05) is 6.08 Å². The summed E-state index contributed by atoms with van der Waals surface area (Å²) in [5.41, 5.74) is -1.65. The molecule has 0 saturated heterocycles. The third kappa shape index (κ3) is 1.41. The second kappa shape index (κ2) is 3.47. The topological polar surface area (TPSA) is 77.8 Å². The number of aliphatic hydroxyl groups excluding tert-OH is 1. The van der Waals surface area contributed by atoms with Gasteiger partial charge in [0.05, 0.1) is 6.10 Å². The van der Waals surface area contributed by atoms with Crippen molar-refractivity contribution in [2.45, 2.75) is 31.0 Å². The number of hydrogen-bond acceptors (Lipinski definition) is 3. The number of carboxylic acid groups (broad SMARTS) is 1. The first-order valence-corrected chi connectivity index (χ1v) is 5.08. The quantitative estimate of drug-likeness (QED) is 0.587. The van der Waals surface area contributed by atoms with Crippen LogP contribution in [0, 0.1) is 5.92 Å². The number of aliphatic hydroxyl groups is 2. The molecule has 0 radical (unpaired) electrons. The van der Waals surface area contributed by atoms with Gasteiger partial charge in [0.2, 0.25) is 5.60 Å². The van der Waals surface area contributed by atoms with Crippen molar-refractivity contribution >= 4 is 5.97 Å². The van der Waals surface area contributed by atoms with Gasteiger partial charge in [-0.25, -0.2) is 4.79 Å². The first-order chi connectivity index (χ1) is 7.06. The van der Waals surface area contributed by atoms with Crippen molar-refractivity contribution in [2.75, 3.05) is 0 Å². The van der Waals surface area contributed by atoms with Crippen molar-refractivity contribution in [1.29, 1.82) is 0 Å². The van der Waals surface area contributed by atoms with Crippen LogP contribution in [-0.4, -0.2) is 33.0 Å². The van der Waals surface area contributed by atoms with Gasteiger partial charge >= 0.3 is 5.97 Å². The van der Waals surface area contributed by atoms with E-state index < -0.39 is 17.7 Å². The predicted molar refractivity (Wildman–Crippen MR) is 53.2 cm³/mol. The average molecular weight is 210 g/mol. The highest BCUT2D eigenvalue weighted by molar-refractivity contribution is 5.83. The lowest BCUT2D eigenvalue weighted by Crippen LogP contribution is -2.55. The minimum absolute atomic E-state index is 0.0551. The largest absolute Gasteiger partial charge is 0.479 e. The fraction of sp³-hybridized carbons (Fsp3) is 0.545. The van der Waals surface area contributed by atoms with Crippen molar-refractivity contribution in [3.63, 3.8) is 0 Å². The van der Waals surface area contributed by atoms with Gasteiger partial charge in [-0.2, -0.15) is 0 Å². The summed E-state index contributed by atoms with van der Waals surface area (Å²) in [5, 5.41) is 28.7. The zero-order valence-corrected chi connectivity index (χ0v) is 8.26. The molecule has 15 heavy (non-hydrogen) atoms. The molecule has 2 aliphatic rings. The number of carbonyl (C=O) groups is 1. The van der Waals surface area contributed by atoms with Crippen LogP contribution in [0.5, 0.6) is 0 Å². The minimum atomic E-state index is -2.09. The normalized spacial score (nSPS) is 39.5. The molecule has 0 spiro atoms. The number of aliphatic carboxylic acids is 1. The van der Waals surface area contributed by atoms with Crippen LogP contribution in [0.2, 0.25) is 0 Å². The molecule has 0 bridgehead atoms. The molecule has 0 aliphatic heterocycles. The van der Waals surface area contributed by atoms with Crippen molar-refractivity contribution in [2.24, 2.45) is 5.92 Å². The highest BCUT2D eigenvalue weighted by Gasteiger charge is 2.51. The van der Waals surface area contributed by atoms with Gasteiger partial charge in [-0.1, -0.05) is 18.2 Å². The van der Waals surface area contributed by atoms with E-state index in [0.29, 0.717) is 12.0 Å². The summed E-state index contributed by atoms with van der Waals surface area (Å²) < 4.78 is 0. The Morgan fingerprint density at radius 3 is 2.87 bits per heavy atom. The van der Waals surface area contributed by atoms with Gasteiger partial charge in [0.25, 0.3) is 0 Å². The molecule has 1 fully saturated rings. The first-order valence-electron chi connectivity index (χ1n) is 5.08. The molecule has 3 N–H and O–H groups in total. The Morgan fingerprint density at radius 1 is 1.47 bits per heavy atom. The molecule has 3 atom stereocenters. The van der Waals surface area contributed by atoms with Crippen molar-refractivity contribution in [3.8, 4) is 0 Å². The van der Waals surface area contributed by atoms with Gasteiger partial charge in [0.1, 0.15) is 0 Å². The predicted octanol–water partition coefficient (Wildman–Crippen LogP) is 0.459. The molecule has 0 aromatic heterocycles. The Hall–Kier alpha value is -1.13. The maximum Gasteiger partial charge on any atom is 0.342 e. The van der Waals surface area contributed by atoms with Gasteiger partial charge in [-0.05, 0) is 30.8 Å². The highest BCUT2D eigenvalue weighted by atomic mass is 16.4. The van der Waals surface area contributed by atoms with Crippen LogP contribution >= 0.6 is 0 Å². The Balaban J connectivity index is 2.44. The van der Waals surface area contributed by atoms with E-state index in [9.17, 15) is 15.0 Å². The van der Waals surface area contributed by atoms with Crippen LogP contribution < -0.4 is 0 Å². The summed E-state index contributed by atoms with van der Waals surface area (Å²) in [6.07, 6.45) is 5.90. The Labute approximate surface area is 87.5 Å². The number of carboxylic acids is 1. The second-order valence-electron chi connectivity index (χ2n) is 4.15. The van der Waals surface area contributed by atoms with Gasteiger partial charge in [-0.15, -0.1) is 0 Å². The zero-order chi connectivity index (χ0) is 11.1. The minimum Gasteiger partial charge on any atom is -0.479 e. The summed E-state index contributed by atoms with van der Waals surface area (Å²) in [4.78, 5) is 11.1.